The minimum Gasteiger partial charge on any atom is -0.298 e. The Bertz CT molecular complexity index is 851. The Morgan fingerprint density at radius 3 is 2.57 bits per heavy atom. The molecule has 23 heavy (non-hydrogen) atoms. The lowest BCUT2D eigenvalue weighted by molar-refractivity contribution is -0.123. The van der Waals surface area contributed by atoms with Gasteiger partial charge in [0.1, 0.15) is 0 Å². The number of nitrogens with one attached hydrogen (secondary N) is 2. The van der Waals surface area contributed by atoms with E-state index in [4.69, 9.17) is 0 Å². The van der Waals surface area contributed by atoms with Gasteiger partial charge >= 0.3 is 0 Å². The molecule has 0 aliphatic heterocycles. The van der Waals surface area contributed by atoms with Crippen LogP contribution in [0.3, 0.4) is 0 Å². The highest BCUT2D eigenvalue weighted by atomic mass is 16.2. The molecule has 1 saturated carbocycles. The summed E-state index contributed by atoms with van der Waals surface area (Å²) in [5, 5.41) is 0.986. The van der Waals surface area contributed by atoms with Crippen molar-refractivity contribution >= 4 is 22.5 Å². The third kappa shape index (κ3) is 2.42. The number of hydrogen-bond acceptors (Lipinski definition) is 3. The van der Waals surface area contributed by atoms with Gasteiger partial charge in [-0.25, -0.2) is 0 Å². The highest BCUT2D eigenvalue weighted by Gasteiger charge is 2.51. The second kappa shape index (κ2) is 5.39. The second-order valence-corrected chi connectivity index (χ2v) is 5.90. The minimum absolute atomic E-state index is 0.0181. The number of pyridine rings is 1. The molecular weight excluding hydrogens is 286 g/mol. The average molecular weight is 303 g/mol. The van der Waals surface area contributed by atoms with E-state index in [2.05, 4.69) is 15.8 Å². The van der Waals surface area contributed by atoms with Crippen LogP contribution in [0.25, 0.3) is 10.9 Å². The molecule has 114 valence electrons. The molecular formula is C19H17N3O. The normalized spacial score (nSPS) is 15.1. The van der Waals surface area contributed by atoms with Crippen molar-refractivity contribution in [1.29, 1.82) is 0 Å². The van der Waals surface area contributed by atoms with Crippen LogP contribution in [-0.2, 0) is 10.2 Å². The standard InChI is InChI=1S/C19H17N3O/c23-18(19(11-12-19)14-6-2-1-3-7-14)22-21-17-10-4-9-16-15(17)8-5-13-20-16/h1-10,13,21H,11-12H2,(H,22,23). The summed E-state index contributed by atoms with van der Waals surface area (Å²) in [5.74, 6) is 0.0181. The zero-order valence-electron chi connectivity index (χ0n) is 12.6. The van der Waals surface area contributed by atoms with Crippen LogP contribution < -0.4 is 10.9 Å². The fraction of sp³-hybridized carbons (Fsp3) is 0.158. The maximum atomic E-state index is 12.6. The van der Waals surface area contributed by atoms with Crippen molar-refractivity contribution in [2.24, 2.45) is 0 Å². The van der Waals surface area contributed by atoms with Gasteiger partial charge in [-0.15, -0.1) is 0 Å². The summed E-state index contributed by atoms with van der Waals surface area (Å²) in [4.78, 5) is 17.0. The highest BCUT2D eigenvalue weighted by molar-refractivity contribution is 5.95. The van der Waals surface area contributed by atoms with Crippen LogP contribution in [0, 0.1) is 0 Å². The second-order valence-electron chi connectivity index (χ2n) is 5.90. The minimum atomic E-state index is -0.378. The molecule has 0 unspecified atom stereocenters. The summed E-state index contributed by atoms with van der Waals surface area (Å²) in [6.07, 6.45) is 3.54. The highest BCUT2D eigenvalue weighted by Crippen LogP contribution is 2.48. The molecule has 0 radical (unpaired) electrons. The maximum Gasteiger partial charge on any atom is 0.248 e. The van der Waals surface area contributed by atoms with Crippen LogP contribution in [0.4, 0.5) is 5.69 Å². The molecule has 1 amide bonds. The molecule has 1 aliphatic carbocycles. The molecule has 0 saturated heterocycles. The Labute approximate surface area is 134 Å². The van der Waals surface area contributed by atoms with E-state index in [9.17, 15) is 4.79 Å². The Balaban J connectivity index is 1.54. The van der Waals surface area contributed by atoms with Crippen molar-refractivity contribution in [3.63, 3.8) is 0 Å². The molecule has 1 aliphatic rings. The molecule has 2 N–H and O–H groups in total. The predicted molar refractivity (Wildman–Crippen MR) is 90.9 cm³/mol. The number of amides is 1. The van der Waals surface area contributed by atoms with Gasteiger partial charge in [-0.05, 0) is 42.7 Å². The zero-order valence-corrected chi connectivity index (χ0v) is 12.6. The lowest BCUT2D eigenvalue weighted by Crippen LogP contribution is -2.38. The van der Waals surface area contributed by atoms with E-state index in [-0.39, 0.29) is 11.3 Å². The van der Waals surface area contributed by atoms with Gasteiger partial charge < -0.3 is 0 Å². The van der Waals surface area contributed by atoms with Crippen LogP contribution in [0.1, 0.15) is 18.4 Å². The number of fused-ring (bicyclic) bond motifs is 1. The summed E-state index contributed by atoms with van der Waals surface area (Å²) >= 11 is 0. The quantitative estimate of drug-likeness (QED) is 0.726. The van der Waals surface area contributed by atoms with E-state index in [0.29, 0.717) is 0 Å². The Morgan fingerprint density at radius 2 is 1.78 bits per heavy atom. The fourth-order valence-corrected chi connectivity index (χ4v) is 2.99. The van der Waals surface area contributed by atoms with Gasteiger partial charge in [0.05, 0.1) is 16.6 Å². The number of aromatic nitrogens is 1. The molecule has 1 aromatic heterocycles. The lowest BCUT2D eigenvalue weighted by Gasteiger charge is -2.17. The number of carbonyl (C=O) groups is 1. The molecule has 0 bridgehead atoms. The maximum absolute atomic E-state index is 12.6. The monoisotopic (exact) mass is 303 g/mol. The van der Waals surface area contributed by atoms with Gasteiger partial charge in [-0.1, -0.05) is 36.4 Å². The number of hydrogen-bond donors (Lipinski definition) is 2. The summed E-state index contributed by atoms with van der Waals surface area (Å²) in [7, 11) is 0. The van der Waals surface area contributed by atoms with Crippen LogP contribution in [0.2, 0.25) is 0 Å². The SMILES string of the molecule is O=C(NNc1cccc2ncccc12)C1(c2ccccc2)CC1. The third-order valence-corrected chi connectivity index (χ3v) is 4.47. The summed E-state index contributed by atoms with van der Waals surface area (Å²) in [6.45, 7) is 0. The van der Waals surface area contributed by atoms with Gasteiger partial charge in [0.25, 0.3) is 0 Å². The molecule has 1 heterocycles. The van der Waals surface area contributed by atoms with E-state index in [0.717, 1.165) is 35.0 Å². The van der Waals surface area contributed by atoms with Crippen molar-refractivity contribution in [2.45, 2.75) is 18.3 Å². The summed E-state index contributed by atoms with van der Waals surface area (Å²) < 4.78 is 0. The van der Waals surface area contributed by atoms with Crippen molar-refractivity contribution < 1.29 is 4.79 Å². The van der Waals surface area contributed by atoms with E-state index in [1.54, 1.807) is 6.20 Å². The Hall–Kier alpha value is -2.88. The molecule has 0 spiro atoms. The lowest BCUT2D eigenvalue weighted by atomic mass is 9.95. The van der Waals surface area contributed by atoms with Gasteiger partial charge in [0.2, 0.25) is 5.91 Å². The Morgan fingerprint density at radius 1 is 0.957 bits per heavy atom. The summed E-state index contributed by atoms with van der Waals surface area (Å²) in [6, 6.07) is 19.7. The number of carbonyl (C=O) groups excluding carboxylic acids is 1. The molecule has 1 fully saturated rings. The summed E-state index contributed by atoms with van der Waals surface area (Å²) in [5.41, 5.74) is 8.40. The van der Waals surface area contributed by atoms with Crippen molar-refractivity contribution in [3.8, 4) is 0 Å². The van der Waals surface area contributed by atoms with E-state index in [1.807, 2.05) is 60.7 Å². The van der Waals surface area contributed by atoms with E-state index < -0.39 is 0 Å². The first-order valence-electron chi connectivity index (χ1n) is 7.75. The van der Waals surface area contributed by atoms with Gasteiger partial charge in [0.15, 0.2) is 0 Å². The van der Waals surface area contributed by atoms with Crippen LogP contribution >= 0.6 is 0 Å². The Kier molecular flexibility index (Phi) is 3.23. The predicted octanol–water partition coefficient (Wildman–Crippen LogP) is 3.41. The molecule has 0 atom stereocenters. The number of hydrazine groups is 1. The van der Waals surface area contributed by atoms with Gasteiger partial charge in [0, 0.05) is 11.6 Å². The van der Waals surface area contributed by atoms with Crippen LogP contribution in [-0.4, -0.2) is 10.9 Å². The van der Waals surface area contributed by atoms with Crippen LogP contribution in [0.15, 0.2) is 66.9 Å². The number of rotatable bonds is 4. The number of benzene rings is 2. The largest absolute Gasteiger partial charge is 0.298 e. The molecule has 2 aromatic carbocycles. The number of anilines is 1. The molecule has 4 rings (SSSR count). The van der Waals surface area contributed by atoms with Crippen molar-refractivity contribution in [3.05, 3.63) is 72.4 Å². The zero-order chi connectivity index (χ0) is 15.7. The third-order valence-electron chi connectivity index (χ3n) is 4.47. The molecule has 4 nitrogen and oxygen atoms in total. The first-order chi connectivity index (χ1) is 11.3. The fourth-order valence-electron chi connectivity index (χ4n) is 2.99. The topological polar surface area (TPSA) is 54.0 Å². The smallest absolute Gasteiger partial charge is 0.248 e. The van der Waals surface area contributed by atoms with Crippen LogP contribution in [0.5, 0.6) is 0 Å². The van der Waals surface area contributed by atoms with E-state index >= 15 is 0 Å². The van der Waals surface area contributed by atoms with Crippen molar-refractivity contribution in [2.75, 3.05) is 5.43 Å². The average Bonchev–Trinajstić information content (AvgIpc) is 3.42. The molecule has 3 aromatic rings. The van der Waals surface area contributed by atoms with Crippen molar-refractivity contribution in [1.82, 2.24) is 10.4 Å². The first kappa shape index (κ1) is 13.8. The van der Waals surface area contributed by atoms with Gasteiger partial charge in [-0.3, -0.25) is 20.6 Å². The van der Waals surface area contributed by atoms with E-state index in [1.165, 1.54) is 0 Å². The van der Waals surface area contributed by atoms with Gasteiger partial charge in [-0.2, -0.15) is 0 Å². The number of nitrogens with zero attached hydrogens (tertiary/aromatic N) is 1. The first-order valence-corrected chi connectivity index (χ1v) is 7.75. The molecule has 4 heteroatoms.